The first-order valence-electron chi connectivity index (χ1n) is 11.7. The molecule has 1 heterocycles. The van der Waals surface area contributed by atoms with Gasteiger partial charge in [0.15, 0.2) is 11.5 Å². The zero-order valence-electron chi connectivity index (χ0n) is 19.6. The lowest BCUT2D eigenvalue weighted by molar-refractivity contribution is 0.267. The molecule has 0 radical (unpaired) electrons. The van der Waals surface area contributed by atoms with Crippen LogP contribution < -0.4 is 19.7 Å². The van der Waals surface area contributed by atoms with E-state index < -0.39 is 0 Å². The Morgan fingerprint density at radius 3 is 2.37 bits per heavy atom. The molecule has 1 aliphatic heterocycles. The molecule has 0 spiro atoms. The molecule has 0 aromatic heterocycles. The highest BCUT2D eigenvalue weighted by atomic mass is 79.9. The molecule has 0 unspecified atom stereocenters. The van der Waals surface area contributed by atoms with Gasteiger partial charge in [0.2, 0.25) is 0 Å². The molecule has 0 aliphatic carbocycles. The van der Waals surface area contributed by atoms with Crippen LogP contribution in [-0.2, 0) is 13.2 Å². The molecule has 35 heavy (non-hydrogen) atoms. The van der Waals surface area contributed by atoms with E-state index in [2.05, 4.69) is 38.3 Å². The number of halogens is 4. The molecule has 3 aromatic carbocycles. The van der Waals surface area contributed by atoms with Crippen LogP contribution in [0, 0.1) is 0 Å². The van der Waals surface area contributed by atoms with E-state index in [0.717, 1.165) is 45.1 Å². The van der Waals surface area contributed by atoms with Crippen LogP contribution in [0.3, 0.4) is 0 Å². The second kappa shape index (κ2) is 12.4. The summed E-state index contributed by atoms with van der Waals surface area (Å²) in [4.78, 5) is 2.37. The summed E-state index contributed by atoms with van der Waals surface area (Å²) in [6.07, 6.45) is 3.74. The van der Waals surface area contributed by atoms with Gasteiger partial charge in [-0.05, 0) is 95.7 Å². The standard InChI is InChI=1S/C27H28BrCl3N2O2/c1-2-34-26-14-19(12-21(28)27(26)35-17-18-6-8-22(29)23(30)13-18)16-32-20-7-9-25(24(31)15-20)33-10-4-3-5-11-33/h6-9,12-15,32H,2-5,10-11,16-17H2,1H3. The van der Waals surface area contributed by atoms with E-state index in [4.69, 9.17) is 44.3 Å². The van der Waals surface area contributed by atoms with Crippen molar-refractivity contribution >= 4 is 62.1 Å². The minimum atomic E-state index is 0.342. The summed E-state index contributed by atoms with van der Waals surface area (Å²) in [6.45, 7) is 5.58. The molecular weight excluding hydrogens is 571 g/mol. The Morgan fingerprint density at radius 1 is 0.857 bits per heavy atom. The molecular formula is C27H28BrCl3N2O2. The SMILES string of the molecule is CCOc1cc(CNc2ccc(N3CCCCC3)c(Cl)c2)cc(Br)c1OCc1ccc(Cl)c(Cl)c1. The number of rotatable bonds is 9. The molecule has 0 bridgehead atoms. The molecule has 0 amide bonds. The number of anilines is 2. The Labute approximate surface area is 230 Å². The average Bonchev–Trinajstić information content (AvgIpc) is 2.85. The van der Waals surface area contributed by atoms with Gasteiger partial charge in [0, 0.05) is 25.3 Å². The number of ether oxygens (including phenoxy) is 2. The van der Waals surface area contributed by atoms with Crippen molar-refractivity contribution in [1.29, 1.82) is 0 Å². The first-order valence-corrected chi connectivity index (χ1v) is 13.7. The van der Waals surface area contributed by atoms with Gasteiger partial charge >= 0.3 is 0 Å². The third-order valence-corrected chi connectivity index (χ3v) is 7.51. The van der Waals surface area contributed by atoms with Crippen LogP contribution in [-0.4, -0.2) is 19.7 Å². The van der Waals surface area contributed by atoms with E-state index in [1.54, 1.807) is 12.1 Å². The fourth-order valence-electron chi connectivity index (χ4n) is 4.12. The van der Waals surface area contributed by atoms with Crippen molar-refractivity contribution in [3.8, 4) is 11.5 Å². The third-order valence-electron chi connectivity index (χ3n) is 5.88. The number of hydrogen-bond acceptors (Lipinski definition) is 4. The molecule has 8 heteroatoms. The maximum atomic E-state index is 6.62. The number of nitrogens with one attached hydrogen (secondary N) is 1. The van der Waals surface area contributed by atoms with Crippen LogP contribution in [0.1, 0.15) is 37.3 Å². The Kier molecular flexibility index (Phi) is 9.34. The molecule has 0 saturated carbocycles. The van der Waals surface area contributed by atoms with Crippen LogP contribution in [0.5, 0.6) is 11.5 Å². The summed E-state index contributed by atoms with van der Waals surface area (Å²) in [7, 11) is 0. The Balaban J connectivity index is 1.44. The fourth-order valence-corrected chi connectivity index (χ4v) is 5.35. The topological polar surface area (TPSA) is 33.7 Å². The predicted molar refractivity (Wildman–Crippen MR) is 151 cm³/mol. The number of nitrogens with zero attached hydrogens (tertiary/aromatic N) is 1. The smallest absolute Gasteiger partial charge is 0.175 e. The third kappa shape index (κ3) is 6.91. The van der Waals surface area contributed by atoms with Gasteiger partial charge in [0.25, 0.3) is 0 Å². The minimum absolute atomic E-state index is 0.342. The van der Waals surface area contributed by atoms with Gasteiger partial charge < -0.3 is 19.7 Å². The summed E-state index contributed by atoms with van der Waals surface area (Å²) in [5.74, 6) is 1.33. The van der Waals surface area contributed by atoms with Crippen molar-refractivity contribution in [3.63, 3.8) is 0 Å². The van der Waals surface area contributed by atoms with Crippen molar-refractivity contribution < 1.29 is 9.47 Å². The highest BCUT2D eigenvalue weighted by Crippen LogP contribution is 2.38. The summed E-state index contributed by atoms with van der Waals surface area (Å²) >= 11 is 22.4. The molecule has 4 nitrogen and oxygen atoms in total. The van der Waals surface area contributed by atoms with Crippen LogP contribution in [0.15, 0.2) is 53.0 Å². The highest BCUT2D eigenvalue weighted by Gasteiger charge is 2.15. The van der Waals surface area contributed by atoms with Crippen molar-refractivity contribution in [1.82, 2.24) is 0 Å². The number of hydrogen-bond donors (Lipinski definition) is 1. The molecule has 4 rings (SSSR count). The molecule has 1 N–H and O–H groups in total. The maximum Gasteiger partial charge on any atom is 0.175 e. The van der Waals surface area contributed by atoms with E-state index in [0.29, 0.717) is 41.3 Å². The lowest BCUT2D eigenvalue weighted by Crippen LogP contribution is -2.29. The summed E-state index contributed by atoms with van der Waals surface area (Å²) < 4.78 is 12.8. The van der Waals surface area contributed by atoms with E-state index in [-0.39, 0.29) is 0 Å². The lowest BCUT2D eigenvalue weighted by atomic mass is 10.1. The van der Waals surface area contributed by atoms with E-state index in [9.17, 15) is 0 Å². The molecule has 1 aliphatic rings. The van der Waals surface area contributed by atoms with Crippen LogP contribution in [0.25, 0.3) is 0 Å². The number of benzene rings is 3. The van der Waals surface area contributed by atoms with E-state index in [1.165, 1.54) is 19.3 Å². The molecule has 1 fully saturated rings. The summed E-state index contributed by atoms with van der Waals surface area (Å²) in [5, 5.41) is 5.27. The van der Waals surface area contributed by atoms with Crippen LogP contribution in [0.2, 0.25) is 15.1 Å². The first-order chi connectivity index (χ1) is 16.9. The molecule has 186 valence electrons. The van der Waals surface area contributed by atoms with Gasteiger partial charge in [-0.2, -0.15) is 0 Å². The maximum absolute atomic E-state index is 6.62. The largest absolute Gasteiger partial charge is 0.490 e. The van der Waals surface area contributed by atoms with Gasteiger partial charge in [0.1, 0.15) is 6.61 Å². The second-order valence-corrected chi connectivity index (χ2v) is 10.5. The summed E-state index contributed by atoms with van der Waals surface area (Å²) in [6, 6.07) is 15.7. The van der Waals surface area contributed by atoms with E-state index >= 15 is 0 Å². The van der Waals surface area contributed by atoms with Gasteiger partial charge in [-0.1, -0.05) is 40.9 Å². The van der Waals surface area contributed by atoms with Crippen LogP contribution >= 0.6 is 50.7 Å². The van der Waals surface area contributed by atoms with Gasteiger partial charge in [-0.25, -0.2) is 0 Å². The molecule has 1 saturated heterocycles. The summed E-state index contributed by atoms with van der Waals surface area (Å²) in [5.41, 5.74) is 4.06. The van der Waals surface area contributed by atoms with Crippen molar-refractivity contribution in [2.24, 2.45) is 0 Å². The van der Waals surface area contributed by atoms with Crippen LogP contribution in [0.4, 0.5) is 11.4 Å². The fraction of sp³-hybridized carbons (Fsp3) is 0.333. The van der Waals surface area contributed by atoms with Gasteiger partial charge in [-0.3, -0.25) is 0 Å². The Morgan fingerprint density at radius 2 is 1.66 bits per heavy atom. The van der Waals surface area contributed by atoms with Crippen molar-refractivity contribution in [3.05, 3.63) is 79.2 Å². The lowest BCUT2D eigenvalue weighted by Gasteiger charge is -2.29. The first kappa shape index (κ1) is 26.3. The number of piperidine rings is 1. The van der Waals surface area contributed by atoms with Gasteiger partial charge in [0.05, 0.1) is 31.8 Å². The quantitative estimate of drug-likeness (QED) is 0.267. The monoisotopic (exact) mass is 596 g/mol. The highest BCUT2D eigenvalue weighted by molar-refractivity contribution is 9.10. The van der Waals surface area contributed by atoms with Gasteiger partial charge in [-0.15, -0.1) is 0 Å². The average molecular weight is 599 g/mol. The molecule has 3 aromatic rings. The Bertz CT molecular complexity index is 1170. The van der Waals surface area contributed by atoms with Crippen molar-refractivity contribution in [2.75, 3.05) is 29.9 Å². The van der Waals surface area contributed by atoms with Crippen molar-refractivity contribution in [2.45, 2.75) is 39.3 Å². The zero-order valence-corrected chi connectivity index (χ0v) is 23.4. The Hall–Kier alpha value is -1.79. The zero-order chi connectivity index (χ0) is 24.8. The van der Waals surface area contributed by atoms with E-state index in [1.807, 2.05) is 31.2 Å². The predicted octanol–water partition coefficient (Wildman–Crippen LogP) is 8.99. The second-order valence-electron chi connectivity index (χ2n) is 8.44. The molecule has 0 atom stereocenters. The normalized spacial score (nSPS) is 13.6. The minimum Gasteiger partial charge on any atom is -0.490 e.